The number of hydrogen-bond acceptors (Lipinski definition) is 3. The van der Waals surface area contributed by atoms with Crippen molar-refractivity contribution in [1.82, 2.24) is 0 Å². The zero-order valence-electron chi connectivity index (χ0n) is 14.6. The van der Waals surface area contributed by atoms with Crippen LogP contribution in [0.1, 0.15) is 51.5 Å². The van der Waals surface area contributed by atoms with Gasteiger partial charge in [-0.3, -0.25) is 0 Å². The largest absolute Gasteiger partial charge is 0.508 e. The van der Waals surface area contributed by atoms with Crippen LogP contribution in [-0.4, -0.2) is 17.1 Å². The van der Waals surface area contributed by atoms with E-state index in [1.807, 2.05) is 30.3 Å². The van der Waals surface area contributed by atoms with Crippen LogP contribution in [0.25, 0.3) is 0 Å². The third-order valence-corrected chi connectivity index (χ3v) is 3.87. The Morgan fingerprint density at radius 1 is 0.958 bits per heavy atom. The highest BCUT2D eigenvalue weighted by Crippen LogP contribution is 2.21. The molecule has 2 rings (SSSR count). The minimum Gasteiger partial charge on any atom is -0.508 e. The summed E-state index contributed by atoms with van der Waals surface area (Å²) in [6, 6.07) is 16.9. The van der Waals surface area contributed by atoms with E-state index in [0.29, 0.717) is 5.90 Å². The lowest BCUT2D eigenvalue weighted by molar-refractivity contribution is 0.165. The number of aliphatic imine (C=N–C) groups is 1. The van der Waals surface area contributed by atoms with Crippen LogP contribution < -0.4 is 0 Å². The highest BCUT2D eigenvalue weighted by Gasteiger charge is 2.14. The predicted octanol–water partition coefficient (Wildman–Crippen LogP) is 5.85. The molecule has 0 bridgehead atoms. The van der Waals surface area contributed by atoms with Gasteiger partial charge in [0.2, 0.25) is 5.90 Å². The lowest BCUT2D eigenvalue weighted by Gasteiger charge is -2.20. The first-order valence-corrected chi connectivity index (χ1v) is 8.82. The van der Waals surface area contributed by atoms with Crippen LogP contribution in [0.3, 0.4) is 0 Å². The lowest BCUT2D eigenvalue weighted by atomic mass is 10.1. The molecule has 0 fully saturated rings. The molecule has 1 atom stereocenters. The Morgan fingerprint density at radius 3 is 2.29 bits per heavy atom. The molecule has 0 saturated heterocycles. The monoisotopic (exact) mass is 325 g/mol. The Bertz CT molecular complexity index is 620. The number of unbranched alkanes of at least 4 members (excludes halogenated alkanes) is 1. The molecule has 0 heterocycles. The second kappa shape index (κ2) is 9.76. The molecular weight excluding hydrogens is 298 g/mol. The lowest BCUT2D eigenvalue weighted by Crippen LogP contribution is -2.19. The van der Waals surface area contributed by atoms with Gasteiger partial charge >= 0.3 is 0 Å². The fourth-order valence-corrected chi connectivity index (χ4v) is 2.56. The molecule has 0 aliphatic carbocycles. The molecule has 1 unspecified atom stereocenters. The van der Waals surface area contributed by atoms with E-state index in [0.717, 1.165) is 36.9 Å². The van der Waals surface area contributed by atoms with Crippen LogP contribution in [0.2, 0.25) is 0 Å². The van der Waals surface area contributed by atoms with E-state index in [1.165, 1.54) is 6.42 Å². The Morgan fingerprint density at radius 2 is 1.67 bits per heavy atom. The molecule has 3 nitrogen and oxygen atoms in total. The van der Waals surface area contributed by atoms with Crippen LogP contribution in [-0.2, 0) is 4.74 Å². The maximum Gasteiger partial charge on any atom is 0.221 e. The van der Waals surface area contributed by atoms with Gasteiger partial charge in [0.1, 0.15) is 11.9 Å². The van der Waals surface area contributed by atoms with E-state index in [1.54, 1.807) is 24.3 Å². The number of phenols is 1. The summed E-state index contributed by atoms with van der Waals surface area (Å²) < 4.78 is 6.30. The smallest absolute Gasteiger partial charge is 0.221 e. The molecule has 0 radical (unpaired) electrons. The SMILES string of the molecule is CCCCC(CCC)OC(=Nc1ccc(O)cc1)c1ccccc1. The maximum absolute atomic E-state index is 9.44. The topological polar surface area (TPSA) is 41.8 Å². The number of hydrogen-bond donors (Lipinski definition) is 1. The number of phenolic OH excluding ortho intramolecular Hbond substituents is 1. The minimum atomic E-state index is 0.186. The molecule has 0 spiro atoms. The van der Waals surface area contributed by atoms with Crippen molar-refractivity contribution in [2.75, 3.05) is 0 Å². The molecule has 24 heavy (non-hydrogen) atoms. The quantitative estimate of drug-likeness (QED) is 0.489. The van der Waals surface area contributed by atoms with Crippen molar-refractivity contribution in [1.29, 1.82) is 0 Å². The van der Waals surface area contributed by atoms with Gasteiger partial charge < -0.3 is 9.84 Å². The van der Waals surface area contributed by atoms with Crippen molar-refractivity contribution in [2.24, 2.45) is 4.99 Å². The zero-order valence-corrected chi connectivity index (χ0v) is 14.6. The van der Waals surface area contributed by atoms with E-state index in [9.17, 15) is 5.11 Å². The summed E-state index contributed by atoms with van der Waals surface area (Å²) in [5, 5.41) is 9.44. The predicted molar refractivity (Wildman–Crippen MR) is 100 cm³/mol. The van der Waals surface area contributed by atoms with Crippen molar-refractivity contribution in [3.8, 4) is 5.75 Å². The average molecular weight is 325 g/mol. The Kier molecular flexibility index (Phi) is 7.34. The fourth-order valence-electron chi connectivity index (χ4n) is 2.56. The number of nitrogens with zero attached hydrogens (tertiary/aromatic N) is 1. The number of aromatic hydroxyl groups is 1. The summed E-state index contributed by atoms with van der Waals surface area (Å²) in [5.74, 6) is 0.888. The highest BCUT2D eigenvalue weighted by atomic mass is 16.5. The van der Waals surface area contributed by atoms with Gasteiger partial charge in [-0.2, -0.15) is 0 Å². The first-order chi connectivity index (χ1) is 11.7. The minimum absolute atomic E-state index is 0.186. The zero-order chi connectivity index (χ0) is 17.2. The van der Waals surface area contributed by atoms with Gasteiger partial charge in [0.05, 0.1) is 5.69 Å². The van der Waals surface area contributed by atoms with E-state index in [4.69, 9.17) is 4.74 Å². The van der Waals surface area contributed by atoms with Gasteiger partial charge in [-0.15, -0.1) is 0 Å². The summed E-state index contributed by atoms with van der Waals surface area (Å²) in [4.78, 5) is 4.68. The molecule has 0 aromatic heterocycles. The summed E-state index contributed by atoms with van der Waals surface area (Å²) in [5.41, 5.74) is 1.75. The Labute approximate surface area is 145 Å². The first-order valence-electron chi connectivity index (χ1n) is 8.82. The van der Waals surface area contributed by atoms with Crippen LogP contribution >= 0.6 is 0 Å². The maximum atomic E-state index is 9.44. The Hall–Kier alpha value is -2.29. The summed E-state index contributed by atoms with van der Waals surface area (Å²) >= 11 is 0. The molecule has 2 aromatic rings. The third-order valence-electron chi connectivity index (χ3n) is 3.87. The summed E-state index contributed by atoms with van der Waals surface area (Å²) in [6.07, 6.45) is 5.68. The third kappa shape index (κ3) is 5.73. The van der Waals surface area contributed by atoms with Gasteiger partial charge in [-0.1, -0.05) is 51.3 Å². The van der Waals surface area contributed by atoms with Crippen LogP contribution in [0.15, 0.2) is 59.6 Å². The molecule has 0 aliphatic rings. The second-order valence-corrected chi connectivity index (χ2v) is 5.97. The van der Waals surface area contributed by atoms with Crippen molar-refractivity contribution >= 4 is 11.6 Å². The van der Waals surface area contributed by atoms with E-state index >= 15 is 0 Å². The van der Waals surface area contributed by atoms with Gasteiger partial charge in [0.15, 0.2) is 0 Å². The van der Waals surface area contributed by atoms with Crippen molar-refractivity contribution in [3.05, 3.63) is 60.2 Å². The average Bonchev–Trinajstić information content (AvgIpc) is 2.61. The molecule has 3 heteroatoms. The molecular formula is C21H27NO2. The molecule has 0 amide bonds. The van der Waals surface area contributed by atoms with Gasteiger partial charge in [-0.05, 0) is 49.2 Å². The first kappa shape index (κ1) is 18.1. The van der Waals surface area contributed by atoms with Crippen LogP contribution in [0.5, 0.6) is 5.75 Å². The number of benzene rings is 2. The molecule has 1 N–H and O–H groups in total. The number of ether oxygens (including phenoxy) is 1. The summed E-state index contributed by atoms with van der Waals surface area (Å²) in [6.45, 7) is 4.38. The van der Waals surface area contributed by atoms with Crippen molar-refractivity contribution in [3.63, 3.8) is 0 Å². The van der Waals surface area contributed by atoms with Gasteiger partial charge in [0, 0.05) is 5.56 Å². The molecule has 2 aromatic carbocycles. The second-order valence-electron chi connectivity index (χ2n) is 5.97. The van der Waals surface area contributed by atoms with Crippen LogP contribution in [0.4, 0.5) is 5.69 Å². The van der Waals surface area contributed by atoms with E-state index in [-0.39, 0.29) is 11.9 Å². The van der Waals surface area contributed by atoms with Gasteiger partial charge in [-0.25, -0.2) is 4.99 Å². The van der Waals surface area contributed by atoms with Crippen molar-refractivity contribution < 1.29 is 9.84 Å². The normalized spacial score (nSPS) is 12.8. The molecule has 0 aliphatic heterocycles. The Balaban J connectivity index is 2.26. The van der Waals surface area contributed by atoms with E-state index < -0.39 is 0 Å². The fraction of sp³-hybridized carbons (Fsp3) is 0.381. The standard InChI is InChI=1S/C21H27NO2/c1-3-5-12-20(9-4-2)24-21(17-10-7-6-8-11-17)22-18-13-15-19(23)16-14-18/h6-8,10-11,13-16,20,23H,3-5,9,12H2,1-2H3. The molecule has 0 saturated carbocycles. The van der Waals surface area contributed by atoms with Crippen molar-refractivity contribution in [2.45, 2.75) is 52.1 Å². The molecule has 128 valence electrons. The van der Waals surface area contributed by atoms with E-state index in [2.05, 4.69) is 18.8 Å². The van der Waals surface area contributed by atoms with Gasteiger partial charge in [0.25, 0.3) is 0 Å². The number of rotatable bonds is 8. The highest BCUT2D eigenvalue weighted by molar-refractivity contribution is 5.95. The van der Waals surface area contributed by atoms with Crippen LogP contribution in [0, 0.1) is 0 Å². The summed E-state index contributed by atoms with van der Waals surface area (Å²) in [7, 11) is 0.